The van der Waals surface area contributed by atoms with E-state index in [1.165, 1.54) is 15.9 Å². The molecular formula is C23H14ClN3O4S. The molecule has 1 atom stereocenters. The number of hydrogen-bond donors (Lipinski definition) is 0. The third-order valence-electron chi connectivity index (χ3n) is 5.00. The Morgan fingerprint density at radius 2 is 1.97 bits per heavy atom. The number of furan rings is 1. The second-order valence-corrected chi connectivity index (χ2v) is 8.60. The predicted molar refractivity (Wildman–Crippen MR) is 120 cm³/mol. The molecule has 0 saturated heterocycles. The van der Waals surface area contributed by atoms with E-state index in [0.717, 1.165) is 5.56 Å². The number of rotatable bonds is 3. The molecule has 0 radical (unpaired) electrons. The lowest BCUT2D eigenvalue weighted by molar-refractivity contribution is 0.0852. The number of benzene rings is 2. The van der Waals surface area contributed by atoms with Crippen LogP contribution >= 0.6 is 22.9 Å². The molecular weight excluding hydrogens is 450 g/mol. The van der Waals surface area contributed by atoms with Gasteiger partial charge in [0.15, 0.2) is 23.4 Å². The van der Waals surface area contributed by atoms with Crippen molar-refractivity contribution >= 4 is 34.0 Å². The first kappa shape index (κ1) is 19.1. The summed E-state index contributed by atoms with van der Waals surface area (Å²) >= 11 is 7.30. The molecule has 32 heavy (non-hydrogen) atoms. The first-order chi connectivity index (χ1) is 15.6. The van der Waals surface area contributed by atoms with Crippen LogP contribution < -0.4 is 19.6 Å². The number of halogens is 1. The van der Waals surface area contributed by atoms with E-state index >= 15 is 0 Å². The van der Waals surface area contributed by atoms with E-state index in [9.17, 15) is 4.79 Å². The van der Waals surface area contributed by atoms with Crippen molar-refractivity contribution in [3.8, 4) is 22.8 Å². The maximum Gasteiger partial charge on any atom is 0.291 e. The van der Waals surface area contributed by atoms with Gasteiger partial charge in [-0.2, -0.15) is 9.50 Å². The Balaban J connectivity index is 1.30. The highest BCUT2D eigenvalue weighted by atomic mass is 35.5. The molecule has 7 nitrogen and oxygen atoms in total. The summed E-state index contributed by atoms with van der Waals surface area (Å²) in [5.74, 6) is 2.95. The second-order valence-electron chi connectivity index (χ2n) is 7.16. The molecule has 0 spiro atoms. The minimum Gasteiger partial charge on any atom is -0.485 e. The van der Waals surface area contributed by atoms with E-state index in [-0.39, 0.29) is 12.2 Å². The molecule has 1 aliphatic heterocycles. The fourth-order valence-corrected chi connectivity index (χ4v) is 4.57. The van der Waals surface area contributed by atoms with Crippen LogP contribution in [-0.2, 0) is 0 Å². The SMILES string of the molecule is O=c1/c(=C\c2ccc(-c3cccc(Cl)c3)o2)sc2nc([C@H]3COc4ccccc4O3)nn12. The molecule has 5 aromatic rings. The van der Waals surface area contributed by atoms with Gasteiger partial charge in [-0.05, 0) is 36.4 Å². The van der Waals surface area contributed by atoms with E-state index in [1.54, 1.807) is 12.1 Å². The number of thiazole rings is 1. The quantitative estimate of drug-likeness (QED) is 0.400. The van der Waals surface area contributed by atoms with Crippen molar-refractivity contribution in [3.63, 3.8) is 0 Å². The Morgan fingerprint density at radius 1 is 1.09 bits per heavy atom. The largest absolute Gasteiger partial charge is 0.485 e. The van der Waals surface area contributed by atoms with Gasteiger partial charge < -0.3 is 13.9 Å². The summed E-state index contributed by atoms with van der Waals surface area (Å²) in [4.78, 5) is 17.8. The smallest absolute Gasteiger partial charge is 0.291 e. The summed E-state index contributed by atoms with van der Waals surface area (Å²) in [6.07, 6.45) is 1.21. The fourth-order valence-electron chi connectivity index (χ4n) is 3.49. The standard InChI is InChI=1S/C23H14ClN3O4S/c24-14-5-3-4-13(10-14)16-9-8-15(30-16)11-20-22(28)27-23(32-20)25-21(26-27)19-12-29-17-6-1-2-7-18(17)31-19/h1-11,19H,12H2/b20-11+/t19-/m1/s1. The van der Waals surface area contributed by atoms with Crippen LogP contribution in [0, 0.1) is 0 Å². The van der Waals surface area contributed by atoms with Crippen molar-refractivity contribution < 1.29 is 13.9 Å². The molecule has 6 rings (SSSR count). The van der Waals surface area contributed by atoms with Gasteiger partial charge in [-0.25, -0.2) is 0 Å². The van der Waals surface area contributed by atoms with Crippen LogP contribution in [0.25, 0.3) is 22.4 Å². The van der Waals surface area contributed by atoms with Crippen LogP contribution in [0.15, 0.2) is 69.9 Å². The lowest BCUT2D eigenvalue weighted by atomic mass is 10.2. The first-order valence-corrected chi connectivity index (χ1v) is 11.0. The Kier molecular flexibility index (Phi) is 4.48. The van der Waals surface area contributed by atoms with Crippen molar-refractivity contribution in [2.45, 2.75) is 6.10 Å². The number of nitrogens with zero attached hydrogens (tertiary/aromatic N) is 3. The van der Waals surface area contributed by atoms with Crippen LogP contribution in [0.5, 0.6) is 11.5 Å². The van der Waals surface area contributed by atoms with E-state index in [0.29, 0.717) is 43.4 Å². The molecule has 0 saturated carbocycles. The van der Waals surface area contributed by atoms with Crippen molar-refractivity contribution in [3.05, 3.63) is 92.2 Å². The minimum absolute atomic E-state index is 0.262. The lowest BCUT2D eigenvalue weighted by Crippen LogP contribution is -2.26. The van der Waals surface area contributed by atoms with Crippen molar-refractivity contribution in [1.29, 1.82) is 0 Å². The monoisotopic (exact) mass is 463 g/mol. The van der Waals surface area contributed by atoms with E-state index in [1.807, 2.05) is 54.6 Å². The molecule has 0 N–H and O–H groups in total. The van der Waals surface area contributed by atoms with Gasteiger partial charge in [0.1, 0.15) is 22.7 Å². The Hall–Kier alpha value is -3.62. The number of aromatic nitrogens is 3. The molecule has 9 heteroatoms. The second kappa shape index (κ2) is 7.51. The van der Waals surface area contributed by atoms with Gasteiger partial charge in [0.2, 0.25) is 4.96 Å². The van der Waals surface area contributed by atoms with Crippen LogP contribution in [0.4, 0.5) is 0 Å². The highest BCUT2D eigenvalue weighted by molar-refractivity contribution is 7.15. The van der Waals surface area contributed by atoms with Gasteiger partial charge in [-0.1, -0.05) is 47.2 Å². The van der Waals surface area contributed by atoms with Crippen molar-refractivity contribution in [2.24, 2.45) is 0 Å². The molecule has 4 heterocycles. The molecule has 0 amide bonds. The van der Waals surface area contributed by atoms with Gasteiger partial charge in [0, 0.05) is 16.7 Å². The number of fused-ring (bicyclic) bond motifs is 2. The van der Waals surface area contributed by atoms with Gasteiger partial charge in [-0.3, -0.25) is 4.79 Å². The normalized spacial score (nSPS) is 16.0. The summed E-state index contributed by atoms with van der Waals surface area (Å²) in [6.45, 7) is 0.278. The molecule has 0 aliphatic carbocycles. The van der Waals surface area contributed by atoms with Crippen molar-refractivity contribution in [2.75, 3.05) is 6.61 Å². The maximum absolute atomic E-state index is 12.9. The Labute approximate surface area is 190 Å². The van der Waals surface area contributed by atoms with E-state index < -0.39 is 6.10 Å². The third-order valence-corrected chi connectivity index (χ3v) is 6.20. The first-order valence-electron chi connectivity index (χ1n) is 9.79. The van der Waals surface area contributed by atoms with Gasteiger partial charge in [0.05, 0.1) is 0 Å². The molecule has 3 aromatic heterocycles. The summed E-state index contributed by atoms with van der Waals surface area (Å²) in [5, 5.41) is 5.00. The van der Waals surface area contributed by atoms with Crippen LogP contribution in [0.2, 0.25) is 5.02 Å². The summed E-state index contributed by atoms with van der Waals surface area (Å²) in [7, 11) is 0. The predicted octanol–water partition coefficient (Wildman–Crippen LogP) is 4.12. The van der Waals surface area contributed by atoms with Crippen LogP contribution in [0.1, 0.15) is 17.7 Å². The molecule has 2 aromatic carbocycles. The summed E-state index contributed by atoms with van der Waals surface area (Å²) < 4.78 is 19.3. The summed E-state index contributed by atoms with van der Waals surface area (Å²) in [6, 6.07) is 18.5. The Morgan fingerprint density at radius 3 is 2.81 bits per heavy atom. The Bertz CT molecular complexity index is 1570. The zero-order valence-corrected chi connectivity index (χ0v) is 18.0. The average molecular weight is 464 g/mol. The van der Waals surface area contributed by atoms with Crippen LogP contribution in [0.3, 0.4) is 0 Å². The zero-order valence-electron chi connectivity index (χ0n) is 16.4. The van der Waals surface area contributed by atoms with E-state index in [4.69, 9.17) is 25.5 Å². The number of hydrogen-bond acceptors (Lipinski definition) is 7. The van der Waals surface area contributed by atoms with Gasteiger partial charge in [-0.15, -0.1) is 5.10 Å². The molecule has 0 fully saturated rings. The molecule has 0 bridgehead atoms. The maximum atomic E-state index is 12.9. The average Bonchev–Trinajstić information content (AvgIpc) is 3.51. The van der Waals surface area contributed by atoms with Gasteiger partial charge >= 0.3 is 0 Å². The minimum atomic E-state index is -0.478. The molecule has 1 aliphatic rings. The van der Waals surface area contributed by atoms with E-state index in [2.05, 4.69) is 10.1 Å². The van der Waals surface area contributed by atoms with Crippen molar-refractivity contribution in [1.82, 2.24) is 14.6 Å². The van der Waals surface area contributed by atoms with Crippen LogP contribution in [-0.4, -0.2) is 21.2 Å². The topological polar surface area (TPSA) is 78.9 Å². The highest BCUT2D eigenvalue weighted by Crippen LogP contribution is 2.35. The number of ether oxygens (including phenoxy) is 2. The summed E-state index contributed by atoms with van der Waals surface area (Å²) in [5.41, 5.74) is 0.602. The lowest BCUT2D eigenvalue weighted by Gasteiger charge is -2.24. The molecule has 158 valence electrons. The molecule has 0 unspecified atom stereocenters. The fraction of sp³-hybridized carbons (Fsp3) is 0.0870. The third kappa shape index (κ3) is 3.34. The number of para-hydroxylation sites is 2. The van der Waals surface area contributed by atoms with Gasteiger partial charge in [0.25, 0.3) is 5.56 Å². The highest BCUT2D eigenvalue weighted by Gasteiger charge is 2.27. The zero-order chi connectivity index (χ0) is 21.7.